The molecule has 1 heterocycles. The van der Waals surface area contributed by atoms with Crippen molar-refractivity contribution in [2.75, 3.05) is 5.75 Å². The molecule has 60 valence electrons. The van der Waals surface area contributed by atoms with E-state index in [4.69, 9.17) is 6.42 Å². The van der Waals surface area contributed by atoms with Crippen molar-refractivity contribution in [1.29, 1.82) is 0 Å². The second-order valence-corrected chi connectivity index (χ2v) is 2.76. The summed E-state index contributed by atoms with van der Waals surface area (Å²) in [5.74, 6) is 3.23. The minimum Gasteiger partial charge on any atom is -0.329 e. The monoisotopic (exact) mass is 232 g/mol. The van der Waals surface area contributed by atoms with Crippen LogP contribution >= 0.6 is 28.7 Å². The van der Waals surface area contributed by atoms with Gasteiger partial charge in [-0.05, 0) is 0 Å². The Hall–Kier alpha value is -0.400. The first-order chi connectivity index (χ1) is 4.84. The third-order valence-corrected chi connectivity index (χ3v) is 2.02. The summed E-state index contributed by atoms with van der Waals surface area (Å²) in [6, 6.07) is 0. The fourth-order valence-corrected chi connectivity index (χ4v) is 1.21. The number of rotatable bonds is 2. The van der Waals surface area contributed by atoms with Crippen LogP contribution in [0, 0.1) is 12.3 Å². The van der Waals surface area contributed by atoms with E-state index in [-0.39, 0.29) is 17.0 Å². The van der Waals surface area contributed by atoms with Gasteiger partial charge in [0, 0.05) is 19.4 Å². The molecule has 11 heavy (non-hydrogen) atoms. The van der Waals surface area contributed by atoms with Crippen LogP contribution in [0.25, 0.3) is 0 Å². The average Bonchev–Trinajstić information content (AvgIpc) is 2.31. The highest BCUT2D eigenvalue weighted by Gasteiger charge is 1.95. The molecule has 0 aliphatic rings. The van der Waals surface area contributed by atoms with Crippen molar-refractivity contribution in [2.45, 2.75) is 5.16 Å². The third-order valence-electron chi connectivity index (χ3n) is 1.06. The van der Waals surface area contributed by atoms with E-state index in [0.29, 0.717) is 5.75 Å². The number of nitrogens with zero attached hydrogens (tertiary/aromatic N) is 2. The van der Waals surface area contributed by atoms with Crippen LogP contribution in [0.4, 0.5) is 0 Å². The van der Waals surface area contributed by atoms with Crippen LogP contribution in [0.15, 0.2) is 17.6 Å². The average molecular weight is 233 g/mol. The normalized spacial score (nSPS) is 8.36. The van der Waals surface area contributed by atoms with Gasteiger partial charge in [-0.3, -0.25) is 0 Å². The van der Waals surface area contributed by atoms with Crippen LogP contribution < -0.4 is 0 Å². The summed E-state index contributed by atoms with van der Waals surface area (Å²) >= 11 is 1.57. The van der Waals surface area contributed by atoms with Crippen molar-refractivity contribution in [3.8, 4) is 12.3 Å². The number of halogens is 1. The van der Waals surface area contributed by atoms with Gasteiger partial charge in [0.1, 0.15) is 0 Å². The predicted molar refractivity (Wildman–Crippen MR) is 53.1 cm³/mol. The number of terminal acetylenes is 1. The summed E-state index contributed by atoms with van der Waals surface area (Å²) in [6.07, 6.45) is 8.75. The molecule has 0 saturated carbocycles. The van der Waals surface area contributed by atoms with Crippen LogP contribution in [-0.2, 0) is 7.05 Å². The lowest BCUT2D eigenvalue weighted by molar-refractivity contribution is 0.791. The maximum Gasteiger partial charge on any atom is 0.168 e. The fraction of sp³-hybridized carbons (Fsp3) is 0.286. The molecule has 0 radical (unpaired) electrons. The number of hydrogen-bond donors (Lipinski definition) is 0. The third kappa shape index (κ3) is 3.00. The van der Waals surface area contributed by atoms with Gasteiger partial charge in [0.25, 0.3) is 0 Å². The quantitative estimate of drug-likeness (QED) is 0.571. The minimum absolute atomic E-state index is 0. The van der Waals surface area contributed by atoms with E-state index in [0.717, 1.165) is 5.16 Å². The number of aromatic nitrogens is 2. The molecule has 0 N–H and O–H groups in total. The molecule has 0 aliphatic heterocycles. The lowest BCUT2D eigenvalue weighted by Gasteiger charge is -1.95. The number of imidazole rings is 1. The van der Waals surface area contributed by atoms with Crippen LogP contribution in [0.3, 0.4) is 0 Å². The molecule has 1 aromatic rings. The Bertz CT molecular complexity index is 251. The molecule has 4 heteroatoms. The summed E-state index contributed by atoms with van der Waals surface area (Å²) in [4.78, 5) is 4.08. The molecule has 2 nitrogen and oxygen atoms in total. The summed E-state index contributed by atoms with van der Waals surface area (Å²) in [5.41, 5.74) is 0. The maximum atomic E-state index is 5.09. The van der Waals surface area contributed by atoms with Gasteiger partial charge in [-0.15, -0.1) is 23.4 Å². The molecule has 0 unspecified atom stereocenters. The SMILES string of the molecule is Br.C#CCSc1nccn1C. The van der Waals surface area contributed by atoms with Crippen LogP contribution in [0.5, 0.6) is 0 Å². The standard InChI is InChI=1S/C7H8N2S.BrH/c1-3-6-10-7-8-4-5-9(7)2;/h1,4-5H,6H2,2H3;1H. The zero-order chi connectivity index (χ0) is 7.40. The fourth-order valence-electron chi connectivity index (χ4n) is 0.597. The highest BCUT2D eigenvalue weighted by molar-refractivity contribution is 8.93. The Kier molecular flexibility index (Phi) is 5.08. The highest BCUT2D eigenvalue weighted by atomic mass is 79.9. The van der Waals surface area contributed by atoms with Crippen LogP contribution in [-0.4, -0.2) is 15.3 Å². The second-order valence-electron chi connectivity index (χ2n) is 1.81. The molecule has 0 saturated heterocycles. The van der Waals surface area contributed by atoms with E-state index in [1.807, 2.05) is 17.8 Å². The molecule has 0 aromatic carbocycles. The minimum atomic E-state index is 0. The number of hydrogen-bond acceptors (Lipinski definition) is 2. The smallest absolute Gasteiger partial charge is 0.168 e. The van der Waals surface area contributed by atoms with Gasteiger partial charge in [0.05, 0.1) is 5.75 Å². The molecule has 0 bridgehead atoms. The van der Waals surface area contributed by atoms with Gasteiger partial charge in [-0.25, -0.2) is 4.98 Å². The largest absolute Gasteiger partial charge is 0.329 e. The zero-order valence-corrected chi connectivity index (χ0v) is 8.68. The van der Waals surface area contributed by atoms with Gasteiger partial charge in [0.15, 0.2) is 5.16 Å². The van der Waals surface area contributed by atoms with Gasteiger partial charge in [-0.2, -0.15) is 0 Å². The molecular weight excluding hydrogens is 224 g/mol. The van der Waals surface area contributed by atoms with Crippen molar-refractivity contribution in [3.05, 3.63) is 12.4 Å². The Morgan fingerprint density at radius 2 is 2.55 bits per heavy atom. The molecule has 0 atom stereocenters. The first-order valence-electron chi connectivity index (χ1n) is 2.88. The van der Waals surface area contributed by atoms with Gasteiger partial charge in [0.2, 0.25) is 0 Å². The van der Waals surface area contributed by atoms with Crippen molar-refractivity contribution >= 4 is 28.7 Å². The van der Waals surface area contributed by atoms with E-state index in [1.165, 1.54) is 0 Å². The lowest BCUT2D eigenvalue weighted by atomic mass is 10.8. The van der Waals surface area contributed by atoms with E-state index >= 15 is 0 Å². The maximum absolute atomic E-state index is 5.09. The molecule has 0 spiro atoms. The van der Waals surface area contributed by atoms with Gasteiger partial charge < -0.3 is 4.57 Å². The van der Waals surface area contributed by atoms with Crippen molar-refractivity contribution < 1.29 is 0 Å². The molecule has 0 aliphatic carbocycles. The van der Waals surface area contributed by atoms with Crippen LogP contribution in [0.2, 0.25) is 0 Å². The van der Waals surface area contributed by atoms with Crippen molar-refractivity contribution in [3.63, 3.8) is 0 Å². The first kappa shape index (κ1) is 10.6. The Labute approximate surface area is 81.2 Å². The second kappa shape index (κ2) is 5.28. The molecule has 0 fully saturated rings. The van der Waals surface area contributed by atoms with E-state index in [2.05, 4.69) is 10.9 Å². The predicted octanol–water partition coefficient (Wildman–Crippen LogP) is 1.72. The zero-order valence-electron chi connectivity index (χ0n) is 6.15. The van der Waals surface area contributed by atoms with Crippen molar-refractivity contribution in [2.24, 2.45) is 7.05 Å². The number of thioether (sulfide) groups is 1. The first-order valence-corrected chi connectivity index (χ1v) is 3.86. The van der Waals surface area contributed by atoms with Gasteiger partial charge >= 0.3 is 0 Å². The van der Waals surface area contributed by atoms with Crippen molar-refractivity contribution in [1.82, 2.24) is 9.55 Å². The summed E-state index contributed by atoms with van der Waals surface area (Å²) in [6.45, 7) is 0. The molecular formula is C7H9BrN2S. The van der Waals surface area contributed by atoms with E-state index < -0.39 is 0 Å². The van der Waals surface area contributed by atoms with Crippen LogP contribution in [0.1, 0.15) is 0 Å². The van der Waals surface area contributed by atoms with Gasteiger partial charge in [-0.1, -0.05) is 17.7 Å². The molecule has 1 aromatic heterocycles. The van der Waals surface area contributed by atoms with E-state index in [1.54, 1.807) is 18.0 Å². The summed E-state index contributed by atoms with van der Waals surface area (Å²) in [5, 5.41) is 0.970. The summed E-state index contributed by atoms with van der Waals surface area (Å²) in [7, 11) is 1.95. The Balaban J connectivity index is 0.000001000. The number of aryl methyl sites for hydroxylation is 1. The Morgan fingerprint density at radius 3 is 3.00 bits per heavy atom. The summed E-state index contributed by atoms with van der Waals surface area (Å²) < 4.78 is 1.95. The molecule has 1 rings (SSSR count). The highest BCUT2D eigenvalue weighted by Crippen LogP contribution is 2.12. The lowest BCUT2D eigenvalue weighted by Crippen LogP contribution is -1.88. The van der Waals surface area contributed by atoms with E-state index in [9.17, 15) is 0 Å². The topological polar surface area (TPSA) is 17.8 Å². The molecule has 0 amide bonds. The Morgan fingerprint density at radius 1 is 1.82 bits per heavy atom.